The van der Waals surface area contributed by atoms with E-state index >= 15 is 0 Å². The van der Waals surface area contributed by atoms with Gasteiger partial charge in [-0.1, -0.05) is 0 Å². The number of rotatable bonds is 0. The second kappa shape index (κ2) is 2.82. The molecule has 0 saturated carbocycles. The highest BCUT2D eigenvalue weighted by atomic mass is 79.9. The van der Waals surface area contributed by atoms with Gasteiger partial charge in [-0.3, -0.25) is 0 Å². The number of nitrogens with two attached hydrogens (primary N) is 1. The summed E-state index contributed by atoms with van der Waals surface area (Å²) in [6, 6.07) is 0. The first-order chi connectivity index (χ1) is 5.79. The summed E-state index contributed by atoms with van der Waals surface area (Å²) >= 11 is 3.31. The fourth-order valence-electron chi connectivity index (χ4n) is 1.09. The molecular weight excluding hydrogens is 222 g/mol. The second-order valence-electron chi connectivity index (χ2n) is 2.48. The van der Waals surface area contributed by atoms with Crippen molar-refractivity contribution >= 4 is 27.4 Å². The molecule has 1 aliphatic rings. The Kier molecular flexibility index (Phi) is 1.80. The van der Waals surface area contributed by atoms with E-state index < -0.39 is 0 Å². The first-order valence-corrected chi connectivity index (χ1v) is 4.39. The van der Waals surface area contributed by atoms with E-state index in [0.717, 1.165) is 22.5 Å². The molecule has 0 radical (unpaired) electrons. The van der Waals surface area contributed by atoms with Crippen LogP contribution >= 0.6 is 15.9 Å². The molecule has 0 spiro atoms. The van der Waals surface area contributed by atoms with Crippen LogP contribution in [0.1, 0.15) is 0 Å². The van der Waals surface area contributed by atoms with Gasteiger partial charge in [-0.05, 0) is 15.9 Å². The van der Waals surface area contributed by atoms with Crippen molar-refractivity contribution in [2.45, 2.75) is 0 Å². The van der Waals surface area contributed by atoms with Crippen molar-refractivity contribution in [3.63, 3.8) is 0 Å². The third kappa shape index (κ3) is 1.10. The zero-order valence-electron chi connectivity index (χ0n) is 6.30. The lowest BCUT2D eigenvalue weighted by molar-refractivity contribution is 0.321. The van der Waals surface area contributed by atoms with E-state index in [1.54, 1.807) is 6.20 Å². The average Bonchev–Trinajstić information content (AvgIpc) is 2.12. The minimum atomic E-state index is 0.456. The van der Waals surface area contributed by atoms with Crippen LogP contribution < -0.4 is 15.8 Å². The van der Waals surface area contributed by atoms with Gasteiger partial charge in [0.15, 0.2) is 5.75 Å². The molecule has 12 heavy (non-hydrogen) atoms. The molecule has 2 heterocycles. The Morgan fingerprint density at radius 1 is 1.67 bits per heavy atom. The van der Waals surface area contributed by atoms with Crippen molar-refractivity contribution in [3.05, 3.63) is 10.7 Å². The van der Waals surface area contributed by atoms with Crippen molar-refractivity contribution in [1.82, 2.24) is 4.98 Å². The molecule has 0 aromatic carbocycles. The summed E-state index contributed by atoms with van der Waals surface area (Å²) in [4.78, 5) is 3.98. The molecule has 0 aliphatic carbocycles. The molecule has 2 rings (SSSR count). The summed E-state index contributed by atoms with van der Waals surface area (Å²) in [6.07, 6.45) is 1.68. The normalized spacial score (nSPS) is 14.4. The number of halogens is 1. The number of hydrogen-bond acceptors (Lipinski definition) is 4. The average molecular weight is 230 g/mol. The monoisotopic (exact) mass is 229 g/mol. The number of ether oxygens (including phenoxy) is 1. The molecule has 0 amide bonds. The van der Waals surface area contributed by atoms with Crippen LogP contribution in [0.4, 0.5) is 11.5 Å². The highest BCUT2D eigenvalue weighted by Gasteiger charge is 2.15. The molecule has 4 nitrogen and oxygen atoms in total. The van der Waals surface area contributed by atoms with Gasteiger partial charge in [-0.25, -0.2) is 4.98 Å². The SMILES string of the molecule is Nc1ncc2c(c1Br)OCCN2. The molecule has 0 atom stereocenters. The largest absolute Gasteiger partial charge is 0.488 e. The lowest BCUT2D eigenvalue weighted by Crippen LogP contribution is -2.18. The fraction of sp³-hybridized carbons (Fsp3) is 0.286. The lowest BCUT2D eigenvalue weighted by Gasteiger charge is -2.19. The molecule has 1 aromatic heterocycles. The Morgan fingerprint density at radius 3 is 3.33 bits per heavy atom. The highest BCUT2D eigenvalue weighted by molar-refractivity contribution is 9.10. The Hall–Kier alpha value is -0.970. The summed E-state index contributed by atoms with van der Waals surface area (Å²) in [6.45, 7) is 1.47. The third-order valence-electron chi connectivity index (χ3n) is 1.67. The van der Waals surface area contributed by atoms with Crippen LogP contribution in [-0.4, -0.2) is 18.1 Å². The molecule has 0 unspecified atom stereocenters. The Balaban J connectivity index is 2.54. The minimum Gasteiger partial charge on any atom is -0.488 e. The van der Waals surface area contributed by atoms with Crippen LogP contribution in [0.15, 0.2) is 10.7 Å². The maximum absolute atomic E-state index is 5.58. The topological polar surface area (TPSA) is 60.2 Å². The number of nitrogens with one attached hydrogen (secondary N) is 1. The number of fused-ring (bicyclic) bond motifs is 1. The third-order valence-corrected chi connectivity index (χ3v) is 2.43. The summed E-state index contributed by atoms with van der Waals surface area (Å²) < 4.78 is 6.13. The van der Waals surface area contributed by atoms with Gasteiger partial charge in [0, 0.05) is 6.54 Å². The van der Waals surface area contributed by atoms with E-state index in [2.05, 4.69) is 26.2 Å². The smallest absolute Gasteiger partial charge is 0.161 e. The number of nitrogens with zero attached hydrogens (tertiary/aromatic N) is 1. The second-order valence-corrected chi connectivity index (χ2v) is 3.27. The number of nitrogen functional groups attached to an aromatic ring is 1. The van der Waals surface area contributed by atoms with Gasteiger partial charge in [0.25, 0.3) is 0 Å². The van der Waals surface area contributed by atoms with Gasteiger partial charge in [0.05, 0.1) is 11.9 Å². The first-order valence-electron chi connectivity index (χ1n) is 3.59. The molecule has 1 aliphatic heterocycles. The molecule has 1 aromatic rings. The zero-order chi connectivity index (χ0) is 8.55. The molecule has 5 heteroatoms. The highest BCUT2D eigenvalue weighted by Crippen LogP contribution is 2.37. The molecule has 0 fully saturated rings. The summed E-state index contributed by atoms with van der Waals surface area (Å²) in [7, 11) is 0. The van der Waals surface area contributed by atoms with E-state index in [1.807, 2.05) is 0 Å². The molecule has 0 saturated heterocycles. The van der Waals surface area contributed by atoms with Crippen LogP contribution in [-0.2, 0) is 0 Å². The van der Waals surface area contributed by atoms with E-state index in [0.29, 0.717) is 12.4 Å². The molecule has 0 bridgehead atoms. The summed E-state index contributed by atoms with van der Waals surface area (Å²) in [5.74, 6) is 1.21. The minimum absolute atomic E-state index is 0.456. The van der Waals surface area contributed by atoms with Gasteiger partial charge < -0.3 is 15.8 Å². The van der Waals surface area contributed by atoms with Crippen molar-refractivity contribution in [3.8, 4) is 5.75 Å². The van der Waals surface area contributed by atoms with Gasteiger partial charge in [0.1, 0.15) is 16.9 Å². The van der Waals surface area contributed by atoms with Crippen LogP contribution in [0.25, 0.3) is 0 Å². The predicted octanol–water partition coefficient (Wildman–Crippen LogP) is 1.23. The van der Waals surface area contributed by atoms with E-state index in [-0.39, 0.29) is 0 Å². The Labute approximate surface area is 78.2 Å². The maximum Gasteiger partial charge on any atom is 0.161 e. The molecule has 3 N–H and O–H groups in total. The van der Waals surface area contributed by atoms with Crippen molar-refractivity contribution in [2.75, 3.05) is 24.2 Å². The van der Waals surface area contributed by atoms with Crippen LogP contribution in [0, 0.1) is 0 Å². The maximum atomic E-state index is 5.58. The summed E-state index contributed by atoms with van der Waals surface area (Å²) in [5, 5.41) is 3.16. The number of pyridine rings is 1. The van der Waals surface area contributed by atoms with Crippen molar-refractivity contribution in [2.24, 2.45) is 0 Å². The number of hydrogen-bond donors (Lipinski definition) is 2. The van der Waals surface area contributed by atoms with Gasteiger partial charge in [-0.2, -0.15) is 0 Å². The Bertz CT molecular complexity index is 316. The Morgan fingerprint density at radius 2 is 2.50 bits per heavy atom. The first kappa shape index (κ1) is 7.67. The predicted molar refractivity (Wildman–Crippen MR) is 50.3 cm³/mol. The lowest BCUT2D eigenvalue weighted by atomic mass is 10.3. The molecule has 64 valence electrons. The molecular formula is C7H8BrN3O. The van der Waals surface area contributed by atoms with Crippen LogP contribution in [0.5, 0.6) is 5.75 Å². The van der Waals surface area contributed by atoms with Crippen LogP contribution in [0.3, 0.4) is 0 Å². The van der Waals surface area contributed by atoms with Gasteiger partial charge in [-0.15, -0.1) is 0 Å². The van der Waals surface area contributed by atoms with E-state index in [9.17, 15) is 0 Å². The van der Waals surface area contributed by atoms with Crippen molar-refractivity contribution in [1.29, 1.82) is 0 Å². The summed E-state index contributed by atoms with van der Waals surface area (Å²) in [5.41, 5.74) is 6.47. The fourth-order valence-corrected chi connectivity index (χ4v) is 1.52. The zero-order valence-corrected chi connectivity index (χ0v) is 7.89. The number of aromatic nitrogens is 1. The number of anilines is 2. The quantitative estimate of drug-likeness (QED) is 0.703. The standard InChI is InChI=1S/C7H8BrN3O/c8-5-6-4(3-11-7(5)9)10-1-2-12-6/h3,10H,1-2H2,(H2,9,11). The van der Waals surface area contributed by atoms with E-state index in [1.165, 1.54) is 0 Å². The van der Waals surface area contributed by atoms with Crippen molar-refractivity contribution < 1.29 is 4.74 Å². The van der Waals surface area contributed by atoms with Gasteiger partial charge in [0.2, 0.25) is 0 Å². The van der Waals surface area contributed by atoms with E-state index in [4.69, 9.17) is 10.5 Å². The van der Waals surface area contributed by atoms with Crippen LogP contribution in [0.2, 0.25) is 0 Å². The van der Waals surface area contributed by atoms with Gasteiger partial charge >= 0.3 is 0 Å².